The summed E-state index contributed by atoms with van der Waals surface area (Å²) in [7, 11) is 0. The van der Waals surface area contributed by atoms with Crippen LogP contribution in [-0.4, -0.2) is 32.9 Å². The Morgan fingerprint density at radius 3 is 0.286 bits per heavy atom. The zero-order valence-electron chi connectivity index (χ0n) is 3.58. The van der Waals surface area contributed by atoms with Crippen LogP contribution in [0.3, 0.4) is 0 Å². The predicted molar refractivity (Wildman–Crippen MR) is 21.7 cm³/mol. The molecule has 0 saturated heterocycles. The summed E-state index contributed by atoms with van der Waals surface area (Å²) in [5, 5.41) is 0. The molecule has 0 saturated carbocycles. The van der Waals surface area contributed by atoms with Crippen LogP contribution in [0.2, 0.25) is 0 Å². The fourth-order valence-corrected chi connectivity index (χ4v) is 0. The Balaban J connectivity index is 0. The molecule has 0 amide bonds. The maximum atomic E-state index is 0. The van der Waals surface area contributed by atoms with Crippen LogP contribution in [0.1, 0.15) is 0 Å². The van der Waals surface area contributed by atoms with E-state index in [-0.39, 0.29) is 68.5 Å². The maximum Gasteiger partial charge on any atom is 3.00 e. The van der Waals surface area contributed by atoms with Crippen LogP contribution in [0.5, 0.6) is 0 Å². The molecule has 0 aromatic heterocycles. The summed E-state index contributed by atoms with van der Waals surface area (Å²) >= 11 is 0. The van der Waals surface area contributed by atoms with E-state index in [0.717, 1.165) is 0 Å². The van der Waals surface area contributed by atoms with Gasteiger partial charge in [0.05, 0.1) is 0 Å². The van der Waals surface area contributed by atoms with Gasteiger partial charge in [-0.15, -0.1) is 0 Å². The first kappa shape index (κ1) is 422. The average molecular weight is 247 g/mol. The van der Waals surface area contributed by atoms with Crippen LogP contribution < -0.4 is 0 Å². The molecule has 7 heavy (non-hydrogen) atoms. The van der Waals surface area contributed by atoms with Gasteiger partial charge in [0, 0.05) is 0 Å². The van der Waals surface area contributed by atoms with Crippen LogP contribution >= 0.6 is 0 Å². The molecule has 0 radical (unpaired) electrons. The molecule has 0 rings (SSSR count). The summed E-state index contributed by atoms with van der Waals surface area (Å²) in [4.78, 5) is 0. The third kappa shape index (κ3) is 187. The summed E-state index contributed by atoms with van der Waals surface area (Å²) in [6.07, 6.45) is 0. The van der Waals surface area contributed by atoms with Crippen molar-refractivity contribution >= 4 is 0 Å². The quantitative estimate of drug-likeness (QED) is 0.396. The SMILES string of the molecule is O.O.O.O.O.O.[La+3]. The molecule has 6 nitrogen and oxygen atoms in total. The fourth-order valence-electron chi connectivity index (χ4n) is 0. The molecule has 7 heteroatoms. The minimum atomic E-state index is 0. The minimum Gasteiger partial charge on any atom is -0.412 e. The Morgan fingerprint density at radius 2 is 0.286 bits per heavy atom. The molecule has 0 aromatic rings. The van der Waals surface area contributed by atoms with E-state index in [0.29, 0.717) is 0 Å². The second-order valence-corrected chi connectivity index (χ2v) is 0. The zero-order valence-corrected chi connectivity index (χ0v) is 7.20. The van der Waals surface area contributed by atoms with Crippen molar-refractivity contribution in [2.75, 3.05) is 0 Å². The Hall–Kier alpha value is 0.955. The Morgan fingerprint density at radius 1 is 0.286 bits per heavy atom. The third-order valence-corrected chi connectivity index (χ3v) is 0. The van der Waals surface area contributed by atoms with Gasteiger partial charge in [0.25, 0.3) is 0 Å². The number of rotatable bonds is 0. The first-order chi connectivity index (χ1) is 0. The molecule has 48 valence electrons. The molecule has 0 bridgehead atoms. The van der Waals surface area contributed by atoms with E-state index in [1.807, 2.05) is 0 Å². The molecule has 0 fully saturated rings. The molecule has 0 aliphatic carbocycles. The predicted octanol–water partition coefficient (Wildman–Crippen LogP) is -4.95. The van der Waals surface area contributed by atoms with Gasteiger partial charge < -0.3 is 32.9 Å². The van der Waals surface area contributed by atoms with Gasteiger partial charge in [-0.05, 0) is 0 Å². The monoisotopic (exact) mass is 247 g/mol. The Kier molecular flexibility index (Phi) is 16300. The number of hydrogen-bond acceptors (Lipinski definition) is 0. The Labute approximate surface area is 68.4 Å². The smallest absolute Gasteiger partial charge is 0.412 e. The van der Waals surface area contributed by atoms with Gasteiger partial charge in [-0.3, -0.25) is 0 Å². The largest absolute Gasteiger partial charge is 3.00 e. The second kappa shape index (κ2) is 271. The van der Waals surface area contributed by atoms with Crippen molar-refractivity contribution in [1.29, 1.82) is 0 Å². The van der Waals surface area contributed by atoms with Gasteiger partial charge >= 0.3 is 35.6 Å². The van der Waals surface area contributed by atoms with Crippen molar-refractivity contribution in [3.8, 4) is 0 Å². The topological polar surface area (TPSA) is 189 Å². The van der Waals surface area contributed by atoms with Crippen LogP contribution in [-0.2, 0) is 0 Å². The normalized spacial score (nSPS) is 0. The summed E-state index contributed by atoms with van der Waals surface area (Å²) in [6, 6.07) is 0. The maximum absolute atomic E-state index is 0. The van der Waals surface area contributed by atoms with Gasteiger partial charge in [-0.25, -0.2) is 0 Å². The molecule has 0 aromatic carbocycles. The van der Waals surface area contributed by atoms with Crippen LogP contribution in [0.25, 0.3) is 0 Å². The standard InChI is InChI=1S/La.6H2O/h;6*1H2/q+3;;;;;;. The average Bonchev–Trinajstić information content (AvgIpc) is 0. The van der Waals surface area contributed by atoms with Crippen molar-refractivity contribution in [2.45, 2.75) is 0 Å². The summed E-state index contributed by atoms with van der Waals surface area (Å²) < 4.78 is 0. The van der Waals surface area contributed by atoms with Gasteiger partial charge in [0.2, 0.25) is 0 Å². The zero-order chi connectivity index (χ0) is 0. The Bertz CT molecular complexity index is 4.14. The van der Waals surface area contributed by atoms with E-state index in [4.69, 9.17) is 0 Å². The van der Waals surface area contributed by atoms with E-state index in [1.54, 1.807) is 0 Å². The first-order valence-corrected chi connectivity index (χ1v) is 0. The van der Waals surface area contributed by atoms with E-state index in [1.165, 1.54) is 0 Å². The van der Waals surface area contributed by atoms with Crippen LogP contribution in [0.4, 0.5) is 0 Å². The van der Waals surface area contributed by atoms with Gasteiger partial charge in [0.1, 0.15) is 0 Å². The molecule has 0 atom stereocenters. The molecular weight excluding hydrogens is 235 g/mol. The molecule has 0 aliphatic heterocycles. The second-order valence-electron chi connectivity index (χ2n) is 0. The van der Waals surface area contributed by atoms with E-state index >= 15 is 0 Å². The van der Waals surface area contributed by atoms with Crippen molar-refractivity contribution < 1.29 is 68.5 Å². The van der Waals surface area contributed by atoms with Crippen molar-refractivity contribution in [1.82, 2.24) is 0 Å². The van der Waals surface area contributed by atoms with Gasteiger partial charge in [-0.1, -0.05) is 0 Å². The van der Waals surface area contributed by atoms with Crippen LogP contribution in [0, 0.1) is 35.6 Å². The summed E-state index contributed by atoms with van der Waals surface area (Å²) in [5.74, 6) is 0. The molecule has 0 unspecified atom stereocenters. The summed E-state index contributed by atoms with van der Waals surface area (Å²) in [5.41, 5.74) is 0. The third-order valence-electron chi connectivity index (χ3n) is 0. The molecule has 12 N–H and O–H groups in total. The van der Waals surface area contributed by atoms with Crippen LogP contribution in [0.15, 0.2) is 0 Å². The van der Waals surface area contributed by atoms with Crippen molar-refractivity contribution in [2.24, 2.45) is 0 Å². The fraction of sp³-hybridized carbons (Fsp3) is 0. The van der Waals surface area contributed by atoms with Gasteiger partial charge in [0.15, 0.2) is 0 Å². The summed E-state index contributed by atoms with van der Waals surface area (Å²) in [6.45, 7) is 0. The van der Waals surface area contributed by atoms with Crippen molar-refractivity contribution in [3.05, 3.63) is 0 Å². The van der Waals surface area contributed by atoms with E-state index < -0.39 is 0 Å². The molecule has 0 spiro atoms. The van der Waals surface area contributed by atoms with Crippen molar-refractivity contribution in [3.63, 3.8) is 0 Å². The molecule has 0 heterocycles. The number of hydrogen-bond donors (Lipinski definition) is 0. The van der Waals surface area contributed by atoms with E-state index in [2.05, 4.69) is 0 Å². The van der Waals surface area contributed by atoms with E-state index in [9.17, 15) is 0 Å². The first-order valence-electron chi connectivity index (χ1n) is 0. The molecule has 0 aliphatic rings. The van der Waals surface area contributed by atoms with Gasteiger partial charge in [-0.2, -0.15) is 0 Å². The molecular formula is H12LaO6+3. The minimum absolute atomic E-state index is 0.